The molecule has 5 rings (SSSR count). The second-order valence-corrected chi connectivity index (χ2v) is 13.1. The van der Waals surface area contributed by atoms with Crippen LogP contribution < -0.4 is 4.90 Å². The van der Waals surface area contributed by atoms with Crippen LogP contribution in [-0.4, -0.2) is 52.9 Å². The Morgan fingerprint density at radius 1 is 1.05 bits per heavy atom. The molecule has 0 unspecified atom stereocenters. The van der Waals surface area contributed by atoms with Crippen LogP contribution in [0.25, 0.3) is 0 Å². The molecule has 1 aliphatic heterocycles. The van der Waals surface area contributed by atoms with Gasteiger partial charge >= 0.3 is 0 Å². The third kappa shape index (κ3) is 7.32. The summed E-state index contributed by atoms with van der Waals surface area (Å²) < 4.78 is 28.1. The molecule has 2 fully saturated rings. The van der Waals surface area contributed by atoms with Crippen molar-refractivity contribution in [2.24, 2.45) is 11.8 Å². The van der Waals surface area contributed by atoms with E-state index >= 15 is 0 Å². The predicted octanol–water partition coefficient (Wildman–Crippen LogP) is 7.15. The van der Waals surface area contributed by atoms with E-state index in [1.54, 1.807) is 23.5 Å². The van der Waals surface area contributed by atoms with E-state index in [4.69, 9.17) is 0 Å². The van der Waals surface area contributed by atoms with Crippen LogP contribution in [0, 0.1) is 30.4 Å². The molecule has 2 aromatic carbocycles. The Hall–Kier alpha value is -3.17. The number of aliphatic hydroxyl groups excluding tert-OH is 1. The van der Waals surface area contributed by atoms with Gasteiger partial charge in [0.15, 0.2) is 5.78 Å². The smallest absolute Gasteiger partial charge is 0.254 e. The molecule has 0 radical (unpaired) electrons. The normalized spacial score (nSPS) is 18.7. The molecule has 6 nitrogen and oxygen atoms in total. The summed E-state index contributed by atoms with van der Waals surface area (Å²) in [6.07, 6.45) is 4.93. The Bertz CT molecular complexity index is 1430. The zero-order valence-electron chi connectivity index (χ0n) is 25.2. The van der Waals surface area contributed by atoms with E-state index in [0.717, 1.165) is 61.0 Å². The lowest BCUT2D eigenvalue weighted by Gasteiger charge is -2.28. The van der Waals surface area contributed by atoms with Crippen LogP contribution in [0.2, 0.25) is 0 Å². The van der Waals surface area contributed by atoms with Gasteiger partial charge in [-0.3, -0.25) is 9.59 Å². The van der Waals surface area contributed by atoms with E-state index < -0.39 is 23.7 Å². The van der Waals surface area contributed by atoms with Crippen LogP contribution in [-0.2, 0) is 6.42 Å². The second-order valence-electron chi connectivity index (χ2n) is 12.2. The molecule has 0 bridgehead atoms. The predicted molar refractivity (Wildman–Crippen MR) is 166 cm³/mol. The Morgan fingerprint density at radius 2 is 1.74 bits per heavy atom. The lowest BCUT2D eigenvalue weighted by atomic mass is 9.81. The minimum absolute atomic E-state index is 0.00739. The van der Waals surface area contributed by atoms with Gasteiger partial charge in [-0.1, -0.05) is 12.8 Å². The number of aryl methyl sites for hydroxylation is 1. The van der Waals surface area contributed by atoms with Crippen LogP contribution in [0.3, 0.4) is 0 Å². The van der Waals surface area contributed by atoms with Crippen LogP contribution in [0.5, 0.6) is 0 Å². The van der Waals surface area contributed by atoms with Gasteiger partial charge in [-0.2, -0.15) is 0 Å². The SMILES string of the molecule is CCN(C)c1cc(C(=O)C[C@@H](Cc2cc(F)cc(F)c2)[C@H](O)C2CCCC2)cc(C(=O)N2CCC[C@@H]2c2nc(C)cs2)c1. The van der Waals surface area contributed by atoms with Crippen LogP contribution in [0.1, 0.15) is 94.9 Å². The summed E-state index contributed by atoms with van der Waals surface area (Å²) in [6, 6.07) is 8.58. The first-order chi connectivity index (χ1) is 20.6. The average molecular weight is 610 g/mol. The van der Waals surface area contributed by atoms with E-state index in [1.807, 2.05) is 42.1 Å². The van der Waals surface area contributed by atoms with Crippen molar-refractivity contribution >= 4 is 28.7 Å². The number of halogens is 2. The number of anilines is 1. The summed E-state index contributed by atoms with van der Waals surface area (Å²) in [5.41, 5.74) is 2.96. The summed E-state index contributed by atoms with van der Waals surface area (Å²) in [6.45, 7) is 5.26. The fourth-order valence-corrected chi connectivity index (χ4v) is 7.58. The van der Waals surface area contributed by atoms with Crippen molar-refractivity contribution in [2.45, 2.75) is 77.4 Å². The van der Waals surface area contributed by atoms with Gasteiger partial charge in [-0.25, -0.2) is 13.8 Å². The van der Waals surface area contributed by atoms with Crippen molar-refractivity contribution in [3.8, 4) is 0 Å². The number of hydrogen-bond donors (Lipinski definition) is 1. The first-order valence-electron chi connectivity index (χ1n) is 15.4. The minimum atomic E-state index is -0.771. The Labute approximate surface area is 256 Å². The molecule has 1 saturated heterocycles. The van der Waals surface area contributed by atoms with E-state index in [9.17, 15) is 23.5 Å². The van der Waals surface area contributed by atoms with Gasteiger partial charge in [0.2, 0.25) is 0 Å². The topological polar surface area (TPSA) is 73.7 Å². The van der Waals surface area contributed by atoms with Gasteiger partial charge in [-0.05, 0) is 93.7 Å². The highest BCUT2D eigenvalue weighted by Crippen LogP contribution is 2.37. The number of carbonyl (C=O) groups excluding carboxylic acids is 2. The van der Waals surface area contributed by atoms with E-state index in [-0.39, 0.29) is 36.5 Å². The lowest BCUT2D eigenvalue weighted by molar-refractivity contribution is 0.0456. The Kier molecular flexibility index (Phi) is 9.92. The van der Waals surface area contributed by atoms with Gasteiger partial charge in [0, 0.05) is 60.5 Å². The van der Waals surface area contributed by atoms with Crippen molar-refractivity contribution in [1.82, 2.24) is 9.88 Å². The number of thiazole rings is 1. The quantitative estimate of drug-likeness (QED) is 0.234. The van der Waals surface area contributed by atoms with Gasteiger partial charge in [0.05, 0.1) is 12.1 Å². The maximum atomic E-state index is 14.0. The number of aromatic nitrogens is 1. The molecule has 1 N–H and O–H groups in total. The van der Waals surface area contributed by atoms with E-state index in [2.05, 4.69) is 4.98 Å². The molecule has 1 aliphatic carbocycles. The lowest BCUT2D eigenvalue weighted by Crippen LogP contribution is -2.32. The highest BCUT2D eigenvalue weighted by molar-refractivity contribution is 7.09. The average Bonchev–Trinajstić information content (AvgIpc) is 3.77. The standard InChI is InChI=1S/C34H41F2N3O3S/c1-4-38(3)29-16-24(15-26(17-29)34(42)39-11-7-10-30(39)33-37-21(2)20-43-33)31(40)18-25(32(41)23-8-5-6-9-23)12-22-13-27(35)19-28(36)14-22/h13-17,19-20,23,25,30,32,41H,4-12,18H2,1-3H3/t25-,30-,32-/m1/s1. The molecule has 2 heterocycles. The summed E-state index contributed by atoms with van der Waals surface area (Å²) in [5, 5.41) is 14.3. The molecule has 3 atom stereocenters. The fourth-order valence-electron chi connectivity index (χ4n) is 6.64. The zero-order valence-corrected chi connectivity index (χ0v) is 26.0. The molecular weight excluding hydrogens is 568 g/mol. The number of hydrogen-bond acceptors (Lipinski definition) is 6. The summed E-state index contributed by atoms with van der Waals surface area (Å²) >= 11 is 1.57. The van der Waals surface area contributed by atoms with Crippen molar-refractivity contribution < 1.29 is 23.5 Å². The number of amides is 1. The van der Waals surface area contributed by atoms with Crippen molar-refractivity contribution in [2.75, 3.05) is 25.0 Å². The van der Waals surface area contributed by atoms with Gasteiger partial charge in [0.1, 0.15) is 16.6 Å². The van der Waals surface area contributed by atoms with Gasteiger partial charge in [0.25, 0.3) is 5.91 Å². The molecule has 9 heteroatoms. The van der Waals surface area contributed by atoms with E-state index in [1.165, 1.54) is 12.1 Å². The van der Waals surface area contributed by atoms with Gasteiger partial charge in [-0.15, -0.1) is 11.3 Å². The highest BCUT2D eigenvalue weighted by Gasteiger charge is 2.34. The van der Waals surface area contributed by atoms with Crippen LogP contribution in [0.15, 0.2) is 41.8 Å². The van der Waals surface area contributed by atoms with E-state index in [0.29, 0.717) is 29.8 Å². The number of carbonyl (C=O) groups is 2. The molecule has 1 aromatic heterocycles. The van der Waals surface area contributed by atoms with Gasteiger partial charge < -0.3 is 14.9 Å². The molecular formula is C34H41F2N3O3S. The first kappa shape index (κ1) is 31.3. The van der Waals surface area contributed by atoms with Crippen molar-refractivity contribution in [3.63, 3.8) is 0 Å². The largest absolute Gasteiger partial charge is 0.393 e. The Morgan fingerprint density at radius 3 is 2.40 bits per heavy atom. The third-order valence-electron chi connectivity index (χ3n) is 9.07. The maximum absolute atomic E-state index is 14.0. The fraction of sp³-hybridized carbons (Fsp3) is 0.500. The number of nitrogens with zero attached hydrogens (tertiary/aromatic N) is 3. The van der Waals surface area contributed by atoms with Crippen LogP contribution in [0.4, 0.5) is 14.5 Å². The van der Waals surface area contributed by atoms with Crippen LogP contribution >= 0.6 is 11.3 Å². The molecule has 1 saturated carbocycles. The molecule has 2 aliphatic rings. The Balaban J connectivity index is 1.44. The first-order valence-corrected chi connectivity index (χ1v) is 16.3. The maximum Gasteiger partial charge on any atom is 0.254 e. The number of ketones is 1. The summed E-state index contributed by atoms with van der Waals surface area (Å²) in [5.74, 6) is -2.16. The third-order valence-corrected chi connectivity index (χ3v) is 10.1. The number of benzene rings is 2. The summed E-state index contributed by atoms with van der Waals surface area (Å²) in [7, 11) is 1.92. The number of likely N-dealkylation sites (tertiary alicyclic amines) is 1. The molecule has 230 valence electrons. The second kappa shape index (κ2) is 13.6. The molecule has 43 heavy (non-hydrogen) atoms. The van der Waals surface area contributed by atoms with Crippen molar-refractivity contribution in [1.29, 1.82) is 0 Å². The highest BCUT2D eigenvalue weighted by atomic mass is 32.1. The number of Topliss-reactive ketones (excluding diaryl/α,β-unsaturated/α-hetero) is 1. The molecule has 0 spiro atoms. The molecule has 3 aromatic rings. The zero-order chi connectivity index (χ0) is 30.7. The minimum Gasteiger partial charge on any atom is -0.393 e. The summed E-state index contributed by atoms with van der Waals surface area (Å²) in [4.78, 5) is 36.4. The molecule has 1 amide bonds. The number of rotatable bonds is 11. The monoisotopic (exact) mass is 609 g/mol. The number of aliphatic hydroxyl groups is 1. The van der Waals surface area contributed by atoms with Crippen molar-refractivity contribution in [3.05, 3.63) is 80.8 Å².